The van der Waals surface area contributed by atoms with Gasteiger partial charge in [-0.2, -0.15) is 13.2 Å². The maximum atomic E-state index is 13.9. The second-order valence-corrected chi connectivity index (χ2v) is 16.7. The van der Waals surface area contributed by atoms with Gasteiger partial charge in [0.05, 0.1) is 18.2 Å². The molecule has 0 spiro atoms. The van der Waals surface area contributed by atoms with Crippen LogP contribution in [0.3, 0.4) is 0 Å². The predicted octanol–water partition coefficient (Wildman–Crippen LogP) is 2.03. The lowest BCUT2D eigenvalue weighted by Crippen LogP contribution is -2.56. The highest BCUT2D eigenvalue weighted by molar-refractivity contribution is 6.30. The van der Waals surface area contributed by atoms with Crippen molar-refractivity contribution in [1.82, 2.24) is 31.5 Å². The zero-order valence-electron chi connectivity index (χ0n) is 37.2. The maximum Gasteiger partial charge on any atom is 0.490 e. The van der Waals surface area contributed by atoms with E-state index in [0.717, 1.165) is 0 Å². The Morgan fingerprint density at radius 3 is 1.92 bits per heavy atom. The molecule has 9 N–H and O–H groups in total. The molecule has 1 aliphatic carbocycles. The van der Waals surface area contributed by atoms with Crippen LogP contribution in [0.5, 0.6) is 0 Å². The fourth-order valence-electron chi connectivity index (χ4n) is 7.08. The number of halogens is 3. The minimum atomic E-state index is -5.08. The average molecular weight is 917 g/mol. The van der Waals surface area contributed by atoms with Gasteiger partial charge in [-0.15, -0.1) is 0 Å². The first-order valence-electron chi connectivity index (χ1n) is 21.3. The summed E-state index contributed by atoms with van der Waals surface area (Å²) in [6.07, 6.45) is -2.95. The maximum absolute atomic E-state index is 13.9. The topological polar surface area (TPSA) is 275 Å². The van der Waals surface area contributed by atoms with Crippen molar-refractivity contribution in [2.45, 2.75) is 110 Å². The van der Waals surface area contributed by atoms with Crippen molar-refractivity contribution in [3.05, 3.63) is 64.7 Å². The summed E-state index contributed by atoms with van der Waals surface area (Å²) in [6, 6.07) is 7.44. The molecule has 1 fully saturated rings. The minimum absolute atomic E-state index is 0.00736. The van der Waals surface area contributed by atoms with Gasteiger partial charge in [-0.1, -0.05) is 64.1 Å². The molecule has 2 aromatic carbocycles. The normalized spacial score (nSPS) is 16.1. The Morgan fingerprint density at radius 1 is 0.754 bits per heavy atom. The number of carbonyl (C=O) groups is 9. The van der Waals surface area contributed by atoms with Crippen LogP contribution in [0.2, 0.25) is 0 Å². The highest BCUT2D eigenvalue weighted by Gasteiger charge is 2.39. The SMILES string of the molecule is CC(C)C[C@H](NC(=O)[C@H](C)NC(=O)[C@H](C)N)C(=O)NCC(=O)N[C@@H](CC(C)C)C(=O)N1CCC[C@H]1C(=O)NCCCNc1cccc2c1C(=O)c1ccccc1C2=O.O=C(O)C(F)(F)F. The number of anilines is 1. The van der Waals surface area contributed by atoms with Crippen LogP contribution in [0, 0.1) is 11.8 Å². The number of fused-ring (bicyclic) bond motifs is 2. The summed E-state index contributed by atoms with van der Waals surface area (Å²) in [4.78, 5) is 115. The average Bonchev–Trinajstić information content (AvgIpc) is 3.73. The monoisotopic (exact) mass is 916 g/mol. The van der Waals surface area contributed by atoms with E-state index >= 15 is 0 Å². The number of hydrogen-bond donors (Lipinski definition) is 8. The van der Waals surface area contributed by atoms with E-state index in [2.05, 4.69) is 31.9 Å². The number of carbonyl (C=O) groups excluding carboxylic acids is 8. The molecule has 0 saturated carbocycles. The molecule has 5 atom stereocenters. The summed E-state index contributed by atoms with van der Waals surface area (Å²) in [7, 11) is 0. The zero-order valence-corrected chi connectivity index (χ0v) is 37.2. The molecule has 0 aromatic heterocycles. The van der Waals surface area contributed by atoms with Crippen LogP contribution >= 0.6 is 0 Å². The summed E-state index contributed by atoms with van der Waals surface area (Å²) >= 11 is 0. The molecule has 356 valence electrons. The molecule has 1 heterocycles. The first-order valence-corrected chi connectivity index (χ1v) is 21.3. The molecule has 2 aliphatic rings. The van der Waals surface area contributed by atoms with Crippen LogP contribution in [0.1, 0.15) is 105 Å². The third-order valence-corrected chi connectivity index (χ3v) is 10.3. The third kappa shape index (κ3) is 15.4. The molecule has 21 heteroatoms. The number of alkyl halides is 3. The van der Waals surface area contributed by atoms with Gasteiger partial charge in [-0.25, -0.2) is 4.79 Å². The number of benzene rings is 2. The largest absolute Gasteiger partial charge is 0.490 e. The lowest BCUT2D eigenvalue weighted by atomic mass is 9.83. The van der Waals surface area contributed by atoms with Crippen molar-refractivity contribution < 1.29 is 61.4 Å². The second kappa shape index (κ2) is 24.1. The lowest BCUT2D eigenvalue weighted by molar-refractivity contribution is -0.192. The Labute approximate surface area is 374 Å². The molecule has 0 bridgehead atoms. The van der Waals surface area contributed by atoms with Gasteiger partial charge in [0.1, 0.15) is 24.2 Å². The van der Waals surface area contributed by atoms with Crippen LogP contribution in [-0.2, 0) is 33.6 Å². The summed E-state index contributed by atoms with van der Waals surface area (Å²) in [5.74, 6) is -6.18. The summed E-state index contributed by atoms with van der Waals surface area (Å²) in [5.41, 5.74) is 7.54. The van der Waals surface area contributed by atoms with Crippen molar-refractivity contribution in [3.8, 4) is 0 Å². The summed E-state index contributed by atoms with van der Waals surface area (Å²) < 4.78 is 31.7. The smallest absolute Gasteiger partial charge is 0.475 e. The number of likely N-dealkylation sites (tertiary alicyclic amines) is 1. The van der Waals surface area contributed by atoms with Gasteiger partial charge in [0.15, 0.2) is 11.6 Å². The van der Waals surface area contributed by atoms with Crippen molar-refractivity contribution >= 4 is 58.7 Å². The fourth-order valence-corrected chi connectivity index (χ4v) is 7.08. The number of carboxylic acid groups (broad SMARTS) is 1. The van der Waals surface area contributed by atoms with Gasteiger partial charge < -0.3 is 47.6 Å². The summed E-state index contributed by atoms with van der Waals surface area (Å²) in [5, 5.41) is 23.7. The van der Waals surface area contributed by atoms with Crippen LogP contribution in [0.25, 0.3) is 0 Å². The number of aliphatic carboxylic acids is 1. The number of rotatable bonds is 19. The van der Waals surface area contributed by atoms with Crippen molar-refractivity contribution in [2.75, 3.05) is 31.5 Å². The Morgan fingerprint density at radius 2 is 1.34 bits per heavy atom. The van der Waals surface area contributed by atoms with Crippen LogP contribution < -0.4 is 37.6 Å². The van der Waals surface area contributed by atoms with E-state index in [9.17, 15) is 51.5 Å². The van der Waals surface area contributed by atoms with Gasteiger partial charge in [0, 0.05) is 42.0 Å². The Kier molecular flexibility index (Phi) is 19.6. The number of hydrogen-bond acceptors (Lipinski definition) is 11. The van der Waals surface area contributed by atoms with Crippen molar-refractivity contribution in [2.24, 2.45) is 17.6 Å². The molecule has 18 nitrogen and oxygen atoms in total. The standard InChI is InChI=1S/C42H58N8O8.C2HF3O2/c1-23(2)20-31(49-39(55)26(6)47-38(54)25(5)43)40(56)46-22-34(51)48-32(21-24(3)4)42(58)50-19-10-16-33(50)41(57)45-18-11-17-44-30-15-9-14-29-35(30)37(53)28-13-8-7-12-27(28)36(29)52;3-2(4,5)1(6)7/h7-9,12-15,23-26,31-33,44H,10-11,16-22,43H2,1-6H3,(H,45,57)(H,46,56)(H,47,54)(H,48,51)(H,49,55);(H,6,7)/t25-,26-,31-,32-,33-;/m0./s1. The van der Waals surface area contributed by atoms with Gasteiger partial charge in [0.2, 0.25) is 35.4 Å². The molecule has 0 radical (unpaired) electrons. The minimum Gasteiger partial charge on any atom is -0.475 e. The summed E-state index contributed by atoms with van der Waals surface area (Å²) in [6.45, 7) is 11.1. The molecular weight excluding hydrogens is 858 g/mol. The van der Waals surface area contributed by atoms with Gasteiger partial charge in [-0.3, -0.25) is 38.4 Å². The lowest BCUT2D eigenvalue weighted by Gasteiger charge is -2.29. The predicted molar refractivity (Wildman–Crippen MR) is 231 cm³/mol. The van der Waals surface area contributed by atoms with Gasteiger partial charge in [0.25, 0.3) is 0 Å². The highest BCUT2D eigenvalue weighted by atomic mass is 19.4. The van der Waals surface area contributed by atoms with Crippen LogP contribution in [0.15, 0.2) is 42.5 Å². The highest BCUT2D eigenvalue weighted by Crippen LogP contribution is 2.32. The van der Waals surface area contributed by atoms with E-state index in [0.29, 0.717) is 73.3 Å². The fraction of sp³-hybridized carbons (Fsp3) is 0.523. The first kappa shape index (κ1) is 53.0. The number of amides is 6. The molecule has 65 heavy (non-hydrogen) atoms. The number of nitrogens with one attached hydrogen (secondary N) is 6. The Hall–Kier alpha value is -6.38. The third-order valence-electron chi connectivity index (χ3n) is 10.3. The van der Waals surface area contributed by atoms with E-state index in [-0.39, 0.29) is 35.7 Å². The van der Waals surface area contributed by atoms with Crippen molar-refractivity contribution in [1.29, 1.82) is 0 Å². The first-order chi connectivity index (χ1) is 30.4. The number of nitrogens with zero attached hydrogens (tertiary/aromatic N) is 1. The number of carboxylic acids is 1. The Bertz CT molecular complexity index is 2090. The quantitative estimate of drug-likeness (QED) is 0.0803. The van der Waals surface area contributed by atoms with E-state index in [1.54, 1.807) is 42.5 Å². The van der Waals surface area contributed by atoms with E-state index in [1.165, 1.54) is 18.7 Å². The number of nitrogens with two attached hydrogens (primary N) is 1. The molecular formula is C44H59F3N8O10. The Balaban J connectivity index is 0.00000148. The molecule has 2 aromatic rings. The van der Waals surface area contributed by atoms with Crippen LogP contribution in [-0.4, -0.2) is 126 Å². The van der Waals surface area contributed by atoms with Crippen LogP contribution in [0.4, 0.5) is 18.9 Å². The molecule has 6 amide bonds. The number of ketones is 2. The molecule has 0 unspecified atom stereocenters. The van der Waals surface area contributed by atoms with E-state index < -0.39 is 78.4 Å². The molecule has 4 rings (SSSR count). The molecule has 1 aliphatic heterocycles. The zero-order chi connectivity index (χ0) is 48.8. The van der Waals surface area contributed by atoms with Gasteiger partial charge in [-0.05, 0) is 63.9 Å². The van der Waals surface area contributed by atoms with Crippen molar-refractivity contribution in [3.63, 3.8) is 0 Å². The van der Waals surface area contributed by atoms with Gasteiger partial charge >= 0.3 is 12.1 Å². The second-order valence-electron chi connectivity index (χ2n) is 16.7. The van der Waals surface area contributed by atoms with E-state index in [4.69, 9.17) is 15.6 Å². The molecule has 1 saturated heterocycles. The van der Waals surface area contributed by atoms with E-state index in [1.807, 2.05) is 27.7 Å².